The number of rotatable bonds is 2. The van der Waals surface area contributed by atoms with Crippen LogP contribution in [-0.4, -0.2) is 25.3 Å². The predicted molar refractivity (Wildman–Crippen MR) is 53.8 cm³/mol. The highest BCUT2D eigenvalue weighted by atomic mass is 16.6. The summed E-state index contributed by atoms with van der Waals surface area (Å²) in [6.07, 6.45) is 3.37. The summed E-state index contributed by atoms with van der Waals surface area (Å²) in [6, 6.07) is 0. The lowest BCUT2D eigenvalue weighted by Gasteiger charge is -2.31. The van der Waals surface area contributed by atoms with Crippen molar-refractivity contribution in [2.75, 3.05) is 7.11 Å². The maximum Gasteiger partial charge on any atom is 0.339 e. The van der Waals surface area contributed by atoms with Crippen molar-refractivity contribution in [3.63, 3.8) is 0 Å². The van der Waals surface area contributed by atoms with Crippen LogP contribution in [0.1, 0.15) is 20.8 Å². The van der Waals surface area contributed by atoms with Crippen LogP contribution in [0.5, 0.6) is 0 Å². The first-order chi connectivity index (χ1) is 6.56. The van der Waals surface area contributed by atoms with E-state index < -0.39 is 6.10 Å². The van der Waals surface area contributed by atoms with Gasteiger partial charge in [0.1, 0.15) is 0 Å². The van der Waals surface area contributed by atoms with Crippen LogP contribution in [0, 0.1) is 11.8 Å². The van der Waals surface area contributed by atoms with E-state index in [2.05, 4.69) is 25.5 Å². The number of hydrogen-bond acceptors (Lipinski definition) is 3. The molecule has 0 aromatic heterocycles. The van der Waals surface area contributed by atoms with Crippen LogP contribution in [0.4, 0.5) is 0 Å². The molecule has 0 saturated heterocycles. The van der Waals surface area contributed by atoms with Crippen LogP contribution in [-0.2, 0) is 14.3 Å². The Labute approximate surface area is 85.1 Å². The highest BCUT2D eigenvalue weighted by Gasteiger charge is 2.30. The van der Waals surface area contributed by atoms with Gasteiger partial charge in [-0.1, -0.05) is 26.8 Å². The molecule has 0 unspecified atom stereocenters. The number of carbonyl (C=O) groups excluding carboxylic acids is 1. The SMILES string of the molecule is COC(=O)[C@H]1C=C[C@H](C)[C@@H](C(C)C)O1. The van der Waals surface area contributed by atoms with Crippen molar-refractivity contribution in [3.8, 4) is 0 Å². The van der Waals surface area contributed by atoms with E-state index in [4.69, 9.17) is 4.74 Å². The smallest absolute Gasteiger partial charge is 0.339 e. The average molecular weight is 198 g/mol. The molecule has 0 saturated carbocycles. The Kier molecular flexibility index (Phi) is 3.69. The topological polar surface area (TPSA) is 35.5 Å². The van der Waals surface area contributed by atoms with E-state index in [0.29, 0.717) is 11.8 Å². The van der Waals surface area contributed by atoms with Gasteiger partial charge in [0.2, 0.25) is 0 Å². The third-order valence-electron chi connectivity index (χ3n) is 2.50. The predicted octanol–water partition coefficient (Wildman–Crippen LogP) is 1.78. The van der Waals surface area contributed by atoms with E-state index in [1.165, 1.54) is 7.11 Å². The minimum atomic E-state index is -0.524. The molecule has 0 spiro atoms. The van der Waals surface area contributed by atoms with Gasteiger partial charge in [0.25, 0.3) is 0 Å². The first-order valence-electron chi connectivity index (χ1n) is 4.98. The van der Waals surface area contributed by atoms with E-state index in [1.54, 1.807) is 6.08 Å². The second-order valence-corrected chi connectivity index (χ2v) is 4.03. The molecule has 0 radical (unpaired) electrons. The van der Waals surface area contributed by atoms with Crippen molar-refractivity contribution in [2.24, 2.45) is 11.8 Å². The van der Waals surface area contributed by atoms with Crippen molar-refractivity contribution in [1.82, 2.24) is 0 Å². The monoisotopic (exact) mass is 198 g/mol. The summed E-state index contributed by atoms with van der Waals surface area (Å²) in [5.74, 6) is 0.441. The lowest BCUT2D eigenvalue weighted by Crippen LogP contribution is -2.38. The lowest BCUT2D eigenvalue weighted by molar-refractivity contribution is -0.158. The Morgan fingerprint density at radius 1 is 1.43 bits per heavy atom. The number of methoxy groups -OCH3 is 1. The number of carbonyl (C=O) groups is 1. The zero-order valence-electron chi connectivity index (χ0n) is 9.19. The van der Waals surface area contributed by atoms with E-state index in [9.17, 15) is 4.79 Å². The Balaban J connectivity index is 2.69. The highest BCUT2D eigenvalue weighted by molar-refractivity contribution is 5.76. The van der Waals surface area contributed by atoms with Gasteiger partial charge in [-0.15, -0.1) is 0 Å². The van der Waals surface area contributed by atoms with Crippen LogP contribution < -0.4 is 0 Å². The van der Waals surface area contributed by atoms with Crippen molar-refractivity contribution in [3.05, 3.63) is 12.2 Å². The Morgan fingerprint density at radius 2 is 2.07 bits per heavy atom. The Hall–Kier alpha value is -0.830. The molecule has 3 heteroatoms. The molecule has 0 amide bonds. The fraction of sp³-hybridized carbons (Fsp3) is 0.727. The maximum atomic E-state index is 11.2. The number of ether oxygens (including phenoxy) is 2. The van der Waals surface area contributed by atoms with Crippen LogP contribution in [0.25, 0.3) is 0 Å². The van der Waals surface area contributed by atoms with Gasteiger partial charge in [-0.05, 0) is 12.0 Å². The first-order valence-corrected chi connectivity index (χ1v) is 4.98. The standard InChI is InChI=1S/C11H18O3/c1-7(2)10-8(3)5-6-9(14-10)11(12)13-4/h5-10H,1-4H3/t8-,9+,10+/m0/s1. The largest absolute Gasteiger partial charge is 0.467 e. The molecule has 0 N–H and O–H groups in total. The minimum absolute atomic E-state index is 0.101. The molecular weight excluding hydrogens is 180 g/mol. The first kappa shape index (κ1) is 11.2. The fourth-order valence-corrected chi connectivity index (χ4v) is 1.74. The van der Waals surface area contributed by atoms with Gasteiger partial charge in [-0.2, -0.15) is 0 Å². The third-order valence-corrected chi connectivity index (χ3v) is 2.50. The third kappa shape index (κ3) is 2.35. The van der Waals surface area contributed by atoms with E-state index in [0.717, 1.165) is 0 Å². The Morgan fingerprint density at radius 3 is 2.57 bits per heavy atom. The second kappa shape index (κ2) is 4.60. The maximum absolute atomic E-state index is 11.2. The molecule has 1 heterocycles. The van der Waals surface area contributed by atoms with Gasteiger partial charge in [-0.3, -0.25) is 0 Å². The molecular formula is C11H18O3. The van der Waals surface area contributed by atoms with Crippen molar-refractivity contribution < 1.29 is 14.3 Å². The lowest BCUT2D eigenvalue weighted by atomic mass is 9.92. The molecule has 0 aromatic rings. The van der Waals surface area contributed by atoms with E-state index in [-0.39, 0.29) is 12.1 Å². The molecule has 0 bridgehead atoms. The molecule has 80 valence electrons. The number of hydrogen-bond donors (Lipinski definition) is 0. The van der Waals surface area contributed by atoms with Crippen LogP contribution in [0.15, 0.2) is 12.2 Å². The van der Waals surface area contributed by atoms with Crippen LogP contribution >= 0.6 is 0 Å². The van der Waals surface area contributed by atoms with Gasteiger partial charge >= 0.3 is 5.97 Å². The summed E-state index contributed by atoms with van der Waals surface area (Å²) in [4.78, 5) is 11.2. The number of esters is 1. The molecule has 1 aliphatic heterocycles. The molecule has 0 aliphatic carbocycles. The van der Waals surface area contributed by atoms with E-state index >= 15 is 0 Å². The molecule has 14 heavy (non-hydrogen) atoms. The van der Waals surface area contributed by atoms with E-state index in [1.807, 2.05) is 6.08 Å². The molecule has 3 nitrogen and oxygen atoms in total. The van der Waals surface area contributed by atoms with Crippen LogP contribution in [0.3, 0.4) is 0 Å². The summed E-state index contributed by atoms with van der Waals surface area (Å²) in [5, 5.41) is 0. The van der Waals surface area contributed by atoms with Gasteiger partial charge in [0.05, 0.1) is 13.2 Å². The van der Waals surface area contributed by atoms with Gasteiger partial charge in [-0.25, -0.2) is 4.79 Å². The summed E-state index contributed by atoms with van der Waals surface area (Å²) < 4.78 is 10.3. The molecule has 0 fully saturated rings. The van der Waals surface area contributed by atoms with Gasteiger partial charge in [0, 0.05) is 5.92 Å². The molecule has 0 aromatic carbocycles. The van der Waals surface area contributed by atoms with Crippen molar-refractivity contribution in [1.29, 1.82) is 0 Å². The summed E-state index contributed by atoms with van der Waals surface area (Å²) in [6.45, 7) is 6.28. The van der Waals surface area contributed by atoms with Gasteiger partial charge in [0.15, 0.2) is 6.10 Å². The second-order valence-electron chi connectivity index (χ2n) is 4.03. The Bertz CT molecular complexity index is 233. The van der Waals surface area contributed by atoms with Crippen molar-refractivity contribution >= 4 is 5.97 Å². The highest BCUT2D eigenvalue weighted by Crippen LogP contribution is 2.24. The summed E-state index contributed by atoms with van der Waals surface area (Å²) >= 11 is 0. The van der Waals surface area contributed by atoms with Crippen LogP contribution in [0.2, 0.25) is 0 Å². The molecule has 1 aliphatic rings. The summed E-state index contributed by atoms with van der Waals surface area (Å²) in [7, 11) is 1.38. The minimum Gasteiger partial charge on any atom is -0.467 e. The fourth-order valence-electron chi connectivity index (χ4n) is 1.74. The zero-order valence-corrected chi connectivity index (χ0v) is 9.19. The summed E-state index contributed by atoms with van der Waals surface area (Å²) in [5.41, 5.74) is 0. The normalized spacial score (nSPS) is 31.9. The van der Waals surface area contributed by atoms with Gasteiger partial charge < -0.3 is 9.47 Å². The molecule has 1 rings (SSSR count). The quantitative estimate of drug-likeness (QED) is 0.501. The zero-order chi connectivity index (χ0) is 10.7. The van der Waals surface area contributed by atoms with Crippen molar-refractivity contribution in [2.45, 2.75) is 33.0 Å². The molecule has 3 atom stereocenters. The average Bonchev–Trinajstić information content (AvgIpc) is 2.17.